The van der Waals surface area contributed by atoms with E-state index >= 15 is 0 Å². The molecule has 0 radical (unpaired) electrons. The van der Waals surface area contributed by atoms with Crippen LogP contribution in [0.5, 0.6) is 0 Å². The van der Waals surface area contributed by atoms with Crippen LogP contribution in [0.3, 0.4) is 0 Å². The van der Waals surface area contributed by atoms with Gasteiger partial charge in [-0.3, -0.25) is 0 Å². The van der Waals surface area contributed by atoms with Gasteiger partial charge in [0, 0.05) is 0 Å². The lowest BCUT2D eigenvalue weighted by atomic mass is 9.87. The van der Waals surface area contributed by atoms with Crippen molar-refractivity contribution in [3.63, 3.8) is 0 Å². The monoisotopic (exact) mass is 192 g/mol. The smallest absolute Gasteiger partial charge is 0.0871 e. The maximum Gasteiger partial charge on any atom is 0.0871 e. The molecule has 0 unspecified atom stereocenters. The number of hydrogen-bond donors (Lipinski definition) is 1. The number of aryl methyl sites for hydroxylation is 2. The third kappa shape index (κ3) is 2.36. The summed E-state index contributed by atoms with van der Waals surface area (Å²) in [6.45, 7) is 8.11. The second kappa shape index (κ2) is 4.14. The summed E-state index contributed by atoms with van der Waals surface area (Å²) < 4.78 is 0. The van der Waals surface area contributed by atoms with Gasteiger partial charge in [-0.1, -0.05) is 37.1 Å². The summed E-state index contributed by atoms with van der Waals surface area (Å²) >= 11 is 0. The van der Waals surface area contributed by atoms with Crippen LogP contribution in [0, 0.1) is 13.8 Å². The lowest BCUT2D eigenvalue weighted by Crippen LogP contribution is -2.22. The molecule has 1 heteroatoms. The van der Waals surface area contributed by atoms with Crippen LogP contribution in [0.2, 0.25) is 0 Å². The molecule has 1 atom stereocenters. The zero-order valence-corrected chi connectivity index (χ0v) is 9.59. The molecule has 0 saturated heterocycles. The van der Waals surface area contributed by atoms with Crippen LogP contribution in [-0.2, 0) is 5.60 Å². The quantitative estimate of drug-likeness (QED) is 0.779. The van der Waals surface area contributed by atoms with Crippen LogP contribution >= 0.6 is 0 Å². The highest BCUT2D eigenvalue weighted by molar-refractivity contribution is 5.34. The minimum absolute atomic E-state index is 0.676. The van der Waals surface area contributed by atoms with Crippen LogP contribution in [-0.4, -0.2) is 5.11 Å². The van der Waals surface area contributed by atoms with Gasteiger partial charge in [-0.2, -0.15) is 0 Å². The lowest BCUT2D eigenvalue weighted by molar-refractivity contribution is 0.0463. The number of aliphatic hydroxyl groups is 1. The van der Waals surface area contributed by atoms with Crippen molar-refractivity contribution >= 4 is 0 Å². The van der Waals surface area contributed by atoms with E-state index in [-0.39, 0.29) is 0 Å². The van der Waals surface area contributed by atoms with Crippen LogP contribution in [0.1, 0.15) is 43.4 Å². The summed E-state index contributed by atoms with van der Waals surface area (Å²) in [7, 11) is 0. The van der Waals surface area contributed by atoms with E-state index in [9.17, 15) is 5.11 Å². The summed E-state index contributed by atoms with van der Waals surface area (Å²) in [5, 5.41) is 10.3. The summed E-state index contributed by atoms with van der Waals surface area (Å²) in [6, 6.07) is 6.25. The molecule has 78 valence electrons. The van der Waals surface area contributed by atoms with E-state index in [1.54, 1.807) is 0 Å². The molecule has 0 amide bonds. The average Bonchev–Trinajstić information content (AvgIpc) is 2.09. The van der Waals surface area contributed by atoms with Gasteiger partial charge in [0.05, 0.1) is 5.60 Å². The van der Waals surface area contributed by atoms with Gasteiger partial charge in [0.25, 0.3) is 0 Å². The Hall–Kier alpha value is -0.820. The Morgan fingerprint density at radius 1 is 1.29 bits per heavy atom. The fourth-order valence-electron chi connectivity index (χ4n) is 1.94. The van der Waals surface area contributed by atoms with Crippen molar-refractivity contribution in [2.75, 3.05) is 0 Å². The molecule has 0 aliphatic heterocycles. The molecule has 0 fully saturated rings. The molecule has 1 N–H and O–H groups in total. The van der Waals surface area contributed by atoms with Gasteiger partial charge in [-0.15, -0.1) is 0 Å². The second-order valence-corrected chi connectivity index (χ2v) is 4.34. The van der Waals surface area contributed by atoms with Gasteiger partial charge in [0.15, 0.2) is 0 Å². The largest absolute Gasteiger partial charge is 0.385 e. The van der Waals surface area contributed by atoms with Gasteiger partial charge in [-0.25, -0.2) is 0 Å². The van der Waals surface area contributed by atoms with Crippen LogP contribution in [0.4, 0.5) is 0 Å². The Morgan fingerprint density at radius 2 is 1.93 bits per heavy atom. The van der Waals surface area contributed by atoms with Crippen molar-refractivity contribution in [3.05, 3.63) is 34.9 Å². The fourth-order valence-corrected chi connectivity index (χ4v) is 1.94. The average molecular weight is 192 g/mol. The second-order valence-electron chi connectivity index (χ2n) is 4.34. The van der Waals surface area contributed by atoms with Crippen molar-refractivity contribution in [1.29, 1.82) is 0 Å². The first-order valence-corrected chi connectivity index (χ1v) is 5.27. The van der Waals surface area contributed by atoms with Gasteiger partial charge < -0.3 is 5.11 Å². The predicted octanol–water partition coefficient (Wildman–Crippen LogP) is 3.31. The number of benzene rings is 1. The Labute approximate surface area is 86.8 Å². The van der Waals surface area contributed by atoms with Gasteiger partial charge in [0.2, 0.25) is 0 Å². The maximum absolute atomic E-state index is 10.3. The summed E-state index contributed by atoms with van der Waals surface area (Å²) in [5.74, 6) is 0. The van der Waals surface area contributed by atoms with E-state index in [4.69, 9.17) is 0 Å². The molecule has 1 nitrogen and oxygen atoms in total. The summed E-state index contributed by atoms with van der Waals surface area (Å²) in [4.78, 5) is 0. The standard InChI is InChI=1S/C13H20O/c1-5-8-13(4,14)12-9-10(2)6-7-11(12)3/h6-7,9,14H,5,8H2,1-4H3/t13-/m1/s1. The van der Waals surface area contributed by atoms with E-state index < -0.39 is 5.60 Å². The predicted molar refractivity (Wildman–Crippen MR) is 60.4 cm³/mol. The minimum Gasteiger partial charge on any atom is -0.385 e. The normalized spacial score (nSPS) is 15.2. The number of rotatable bonds is 3. The van der Waals surface area contributed by atoms with Crippen molar-refractivity contribution in [2.45, 2.75) is 46.1 Å². The van der Waals surface area contributed by atoms with Crippen molar-refractivity contribution in [3.8, 4) is 0 Å². The molecule has 14 heavy (non-hydrogen) atoms. The highest BCUT2D eigenvalue weighted by atomic mass is 16.3. The third-order valence-corrected chi connectivity index (χ3v) is 2.71. The SMILES string of the molecule is CCC[C@@](C)(O)c1cc(C)ccc1C. The molecular formula is C13H20O. The zero-order valence-electron chi connectivity index (χ0n) is 9.59. The lowest BCUT2D eigenvalue weighted by Gasteiger charge is -2.25. The fraction of sp³-hybridized carbons (Fsp3) is 0.538. The van der Waals surface area contributed by atoms with E-state index in [1.807, 2.05) is 6.92 Å². The molecule has 1 aromatic carbocycles. The van der Waals surface area contributed by atoms with E-state index in [0.29, 0.717) is 0 Å². The maximum atomic E-state index is 10.3. The molecule has 1 rings (SSSR count). The van der Waals surface area contributed by atoms with Crippen LogP contribution in [0.25, 0.3) is 0 Å². The molecule has 0 saturated carbocycles. The van der Waals surface area contributed by atoms with Gasteiger partial charge in [-0.05, 0) is 38.3 Å². The van der Waals surface area contributed by atoms with Crippen LogP contribution in [0.15, 0.2) is 18.2 Å². The summed E-state index contributed by atoms with van der Waals surface area (Å²) in [6.07, 6.45) is 1.82. The Kier molecular flexibility index (Phi) is 3.33. The molecular weight excluding hydrogens is 172 g/mol. The first kappa shape index (κ1) is 11.3. The van der Waals surface area contributed by atoms with E-state index in [0.717, 1.165) is 18.4 Å². The highest BCUT2D eigenvalue weighted by Crippen LogP contribution is 2.29. The van der Waals surface area contributed by atoms with Gasteiger partial charge >= 0.3 is 0 Å². The Bertz CT molecular complexity index is 313. The van der Waals surface area contributed by atoms with Crippen molar-refractivity contribution in [2.24, 2.45) is 0 Å². The molecule has 0 aliphatic rings. The van der Waals surface area contributed by atoms with Crippen molar-refractivity contribution < 1.29 is 5.11 Å². The molecule has 1 aromatic rings. The first-order valence-electron chi connectivity index (χ1n) is 5.27. The molecule has 0 aromatic heterocycles. The molecule has 0 aliphatic carbocycles. The minimum atomic E-state index is -0.676. The summed E-state index contributed by atoms with van der Waals surface area (Å²) in [5.41, 5.74) is 2.78. The Balaban J connectivity index is 3.10. The molecule has 0 spiro atoms. The first-order chi connectivity index (χ1) is 6.47. The zero-order chi connectivity index (χ0) is 10.8. The Morgan fingerprint density at radius 3 is 2.50 bits per heavy atom. The van der Waals surface area contributed by atoms with E-state index in [1.165, 1.54) is 11.1 Å². The molecule has 0 bridgehead atoms. The number of hydrogen-bond acceptors (Lipinski definition) is 1. The van der Waals surface area contributed by atoms with Crippen LogP contribution < -0.4 is 0 Å². The van der Waals surface area contributed by atoms with Gasteiger partial charge in [0.1, 0.15) is 0 Å². The van der Waals surface area contributed by atoms with E-state index in [2.05, 4.69) is 39.0 Å². The highest BCUT2D eigenvalue weighted by Gasteiger charge is 2.23. The molecule has 0 heterocycles. The third-order valence-electron chi connectivity index (χ3n) is 2.71. The topological polar surface area (TPSA) is 20.2 Å². The van der Waals surface area contributed by atoms with Crippen molar-refractivity contribution in [1.82, 2.24) is 0 Å².